The number of nitrogens with zero attached hydrogens (tertiary/aromatic N) is 1. The smallest absolute Gasteiger partial charge is 0.276 e. The van der Waals surface area contributed by atoms with E-state index in [2.05, 4.69) is 5.10 Å². The third kappa shape index (κ3) is 1.82. The maximum atomic E-state index is 11.6. The molecule has 78 valence electrons. The van der Waals surface area contributed by atoms with Crippen LogP contribution in [0.25, 0.3) is 5.69 Å². The van der Waals surface area contributed by atoms with E-state index in [9.17, 15) is 4.79 Å². The molecule has 0 amide bonds. The SMILES string of the molecule is O=c1c(CO)c[nH]n1-c1ccc(Cl)cc1. The van der Waals surface area contributed by atoms with Gasteiger partial charge in [0.1, 0.15) is 0 Å². The summed E-state index contributed by atoms with van der Waals surface area (Å²) < 4.78 is 1.35. The van der Waals surface area contributed by atoms with Gasteiger partial charge >= 0.3 is 0 Å². The van der Waals surface area contributed by atoms with Crippen LogP contribution in [0.4, 0.5) is 0 Å². The first-order chi connectivity index (χ1) is 7.22. The van der Waals surface area contributed by atoms with Gasteiger partial charge in [-0.3, -0.25) is 9.89 Å². The molecule has 2 aromatic rings. The Bertz CT molecular complexity index is 513. The van der Waals surface area contributed by atoms with Crippen molar-refractivity contribution in [2.45, 2.75) is 6.61 Å². The molecule has 0 spiro atoms. The molecular formula is C10H9ClN2O2. The number of hydrogen-bond acceptors (Lipinski definition) is 2. The van der Waals surface area contributed by atoms with Gasteiger partial charge in [0.25, 0.3) is 5.56 Å². The highest BCUT2D eigenvalue weighted by Crippen LogP contribution is 2.11. The van der Waals surface area contributed by atoms with Gasteiger partial charge in [0.05, 0.1) is 17.9 Å². The molecule has 0 radical (unpaired) electrons. The van der Waals surface area contributed by atoms with Crippen molar-refractivity contribution in [3.05, 3.63) is 51.4 Å². The van der Waals surface area contributed by atoms with Crippen molar-refractivity contribution >= 4 is 11.6 Å². The van der Waals surface area contributed by atoms with Crippen molar-refractivity contribution in [3.63, 3.8) is 0 Å². The fourth-order valence-electron chi connectivity index (χ4n) is 1.30. The number of aliphatic hydroxyl groups excluding tert-OH is 1. The van der Waals surface area contributed by atoms with Gasteiger partial charge < -0.3 is 5.11 Å². The summed E-state index contributed by atoms with van der Waals surface area (Å²) in [6.45, 7) is -0.268. The quantitative estimate of drug-likeness (QED) is 0.808. The molecule has 5 heteroatoms. The van der Waals surface area contributed by atoms with Crippen molar-refractivity contribution in [2.75, 3.05) is 0 Å². The van der Waals surface area contributed by atoms with Gasteiger partial charge in [-0.25, -0.2) is 4.68 Å². The Labute approximate surface area is 90.7 Å². The molecule has 0 aliphatic carbocycles. The Morgan fingerprint density at radius 1 is 1.33 bits per heavy atom. The average Bonchev–Trinajstić information content (AvgIpc) is 2.61. The minimum absolute atomic E-state index is 0.250. The van der Waals surface area contributed by atoms with Crippen molar-refractivity contribution in [1.29, 1.82) is 0 Å². The molecule has 0 fully saturated rings. The summed E-state index contributed by atoms with van der Waals surface area (Å²) in [7, 11) is 0. The first-order valence-corrected chi connectivity index (χ1v) is 4.76. The number of nitrogens with one attached hydrogen (secondary N) is 1. The van der Waals surface area contributed by atoms with Gasteiger partial charge in [-0.2, -0.15) is 0 Å². The molecule has 0 atom stereocenters. The molecule has 0 saturated carbocycles. The van der Waals surface area contributed by atoms with Crippen molar-refractivity contribution in [2.24, 2.45) is 0 Å². The zero-order valence-corrected chi connectivity index (χ0v) is 8.53. The van der Waals surface area contributed by atoms with E-state index in [1.165, 1.54) is 10.9 Å². The first-order valence-electron chi connectivity index (χ1n) is 4.38. The summed E-state index contributed by atoms with van der Waals surface area (Å²) in [4.78, 5) is 11.6. The average molecular weight is 225 g/mol. The lowest BCUT2D eigenvalue weighted by Gasteiger charge is -2.00. The van der Waals surface area contributed by atoms with Crippen LogP contribution in [0.1, 0.15) is 5.56 Å². The van der Waals surface area contributed by atoms with Crippen LogP contribution in [0.2, 0.25) is 5.02 Å². The summed E-state index contributed by atoms with van der Waals surface area (Å²) in [6.07, 6.45) is 1.48. The molecule has 0 unspecified atom stereocenters. The van der Waals surface area contributed by atoms with Crippen molar-refractivity contribution in [1.82, 2.24) is 9.78 Å². The highest BCUT2D eigenvalue weighted by Gasteiger charge is 2.05. The van der Waals surface area contributed by atoms with Gasteiger partial charge in [-0.1, -0.05) is 11.6 Å². The van der Waals surface area contributed by atoms with E-state index in [0.717, 1.165) is 0 Å². The van der Waals surface area contributed by atoms with Crippen LogP contribution in [0.5, 0.6) is 0 Å². The topological polar surface area (TPSA) is 58.0 Å². The van der Waals surface area contributed by atoms with Crippen LogP contribution < -0.4 is 5.56 Å². The van der Waals surface area contributed by atoms with Crippen LogP contribution in [-0.4, -0.2) is 14.9 Å². The van der Waals surface area contributed by atoms with Crippen LogP contribution >= 0.6 is 11.6 Å². The lowest BCUT2D eigenvalue weighted by atomic mass is 10.3. The molecule has 1 aromatic carbocycles. The largest absolute Gasteiger partial charge is 0.391 e. The zero-order valence-electron chi connectivity index (χ0n) is 7.77. The minimum atomic E-state index is -0.268. The normalized spacial score (nSPS) is 10.5. The molecule has 15 heavy (non-hydrogen) atoms. The summed E-state index contributed by atoms with van der Waals surface area (Å²) in [6, 6.07) is 6.84. The Balaban J connectivity index is 2.50. The second kappa shape index (κ2) is 3.92. The van der Waals surface area contributed by atoms with Crippen LogP contribution in [0.15, 0.2) is 35.3 Å². The predicted molar refractivity (Wildman–Crippen MR) is 57.3 cm³/mol. The van der Waals surface area contributed by atoms with Crippen LogP contribution in [0, 0.1) is 0 Å². The van der Waals surface area contributed by atoms with E-state index >= 15 is 0 Å². The highest BCUT2D eigenvalue weighted by molar-refractivity contribution is 6.30. The first kappa shape index (κ1) is 10.0. The summed E-state index contributed by atoms with van der Waals surface area (Å²) in [5.74, 6) is 0. The number of halogens is 1. The monoisotopic (exact) mass is 224 g/mol. The van der Waals surface area contributed by atoms with E-state index < -0.39 is 0 Å². The molecule has 0 aliphatic rings. The molecule has 1 aromatic heterocycles. The Morgan fingerprint density at radius 2 is 2.00 bits per heavy atom. The molecule has 4 nitrogen and oxygen atoms in total. The van der Waals surface area contributed by atoms with E-state index in [-0.39, 0.29) is 12.2 Å². The molecule has 0 saturated heterocycles. The lowest BCUT2D eigenvalue weighted by molar-refractivity contribution is 0.280. The Morgan fingerprint density at radius 3 is 2.53 bits per heavy atom. The highest BCUT2D eigenvalue weighted by atomic mass is 35.5. The van der Waals surface area contributed by atoms with E-state index in [4.69, 9.17) is 16.7 Å². The maximum absolute atomic E-state index is 11.6. The van der Waals surface area contributed by atoms with Crippen LogP contribution in [0.3, 0.4) is 0 Å². The standard InChI is InChI=1S/C10H9ClN2O2/c11-8-1-3-9(4-2-8)13-10(15)7(6-14)5-12-13/h1-5,12,14H,6H2. The minimum Gasteiger partial charge on any atom is -0.391 e. The summed E-state index contributed by atoms with van der Waals surface area (Å²) in [5.41, 5.74) is 0.772. The fourth-order valence-corrected chi connectivity index (χ4v) is 1.43. The second-order valence-corrected chi connectivity index (χ2v) is 3.51. The number of rotatable bonds is 2. The van der Waals surface area contributed by atoms with Gasteiger partial charge in [0.15, 0.2) is 0 Å². The molecule has 2 N–H and O–H groups in total. The molecule has 0 bridgehead atoms. The number of aliphatic hydroxyl groups is 1. The predicted octanol–water partition coefficient (Wildman–Crippen LogP) is 1.31. The Hall–Kier alpha value is -1.52. The third-order valence-electron chi connectivity index (χ3n) is 2.10. The number of H-pyrrole nitrogens is 1. The fraction of sp³-hybridized carbons (Fsp3) is 0.100. The number of hydrogen-bond donors (Lipinski definition) is 2. The summed E-state index contributed by atoms with van der Waals surface area (Å²) >= 11 is 5.73. The van der Waals surface area contributed by atoms with Gasteiger partial charge in [-0.15, -0.1) is 0 Å². The van der Waals surface area contributed by atoms with Crippen LogP contribution in [-0.2, 0) is 6.61 Å². The number of aromatic nitrogens is 2. The zero-order chi connectivity index (χ0) is 10.8. The summed E-state index contributed by atoms with van der Waals surface area (Å²) in [5, 5.41) is 12.2. The number of benzene rings is 1. The second-order valence-electron chi connectivity index (χ2n) is 3.07. The molecule has 0 aliphatic heterocycles. The lowest BCUT2D eigenvalue weighted by Crippen LogP contribution is -2.17. The Kier molecular flexibility index (Phi) is 2.62. The van der Waals surface area contributed by atoms with E-state index in [1.54, 1.807) is 24.3 Å². The van der Waals surface area contributed by atoms with Crippen molar-refractivity contribution < 1.29 is 5.11 Å². The van der Waals surface area contributed by atoms with E-state index in [1.807, 2.05) is 0 Å². The van der Waals surface area contributed by atoms with Crippen molar-refractivity contribution in [3.8, 4) is 5.69 Å². The molecule has 2 rings (SSSR count). The maximum Gasteiger partial charge on any atom is 0.276 e. The van der Waals surface area contributed by atoms with Gasteiger partial charge in [-0.05, 0) is 24.3 Å². The third-order valence-corrected chi connectivity index (χ3v) is 2.35. The number of aromatic amines is 1. The van der Waals surface area contributed by atoms with Gasteiger partial charge in [0, 0.05) is 11.2 Å². The molecular weight excluding hydrogens is 216 g/mol. The van der Waals surface area contributed by atoms with Gasteiger partial charge in [0.2, 0.25) is 0 Å². The van der Waals surface area contributed by atoms with E-state index in [0.29, 0.717) is 16.3 Å². The molecule has 1 heterocycles.